The number of rotatable bonds is 64. The van der Waals surface area contributed by atoms with Crippen LogP contribution in [0, 0.1) is 0 Å². The van der Waals surface area contributed by atoms with Gasteiger partial charge in [0.15, 0.2) is 0 Å². The summed E-state index contributed by atoms with van der Waals surface area (Å²) in [7, 11) is 0. The van der Waals surface area contributed by atoms with Gasteiger partial charge in [-0.25, -0.2) is 0 Å². The molecule has 0 saturated carbocycles. The van der Waals surface area contributed by atoms with Crippen molar-refractivity contribution in [2.45, 2.75) is 439 Å². The summed E-state index contributed by atoms with van der Waals surface area (Å²) in [4.78, 5) is 41.3. The van der Waals surface area contributed by atoms with E-state index in [4.69, 9.17) is 20.4 Å². The first kappa shape index (κ1) is 88.6. The van der Waals surface area contributed by atoms with Crippen LogP contribution in [-0.4, -0.2) is 71.6 Å². The molecular weight excluding hydrogens is 1200 g/mol. The van der Waals surface area contributed by atoms with Crippen molar-refractivity contribution in [2.24, 2.45) is 0 Å². The van der Waals surface area contributed by atoms with Crippen LogP contribution in [0.25, 0.3) is 0 Å². The van der Waals surface area contributed by atoms with Crippen molar-refractivity contribution in [3.8, 4) is 0 Å². The number of aliphatic carboxylic acids is 4. The second kappa shape index (κ2) is 85.2. The SMILES string of the molecule is CCCCCCCCCCCCCCCCCC(=O)O.CCCCCCCCCCCCCCCCCC(=O)O.CCCCCCCCCCCCCCCCCC(=O)O.CCCCCCCCCCCCCCCCCC(=O)O.[Pb]. The molecule has 0 aromatic heterocycles. The molecule has 0 aromatic rings. The molecule has 0 unspecified atom stereocenters. The number of hydrogen-bond acceptors (Lipinski definition) is 4. The molecule has 0 atom stereocenters. The molecule has 0 aliphatic rings. The number of carbonyl (C=O) groups is 4. The number of unbranched alkanes of at least 4 members (excludes halogenated alkanes) is 56. The molecule has 9 heteroatoms. The zero-order chi connectivity index (χ0) is 59.6. The fourth-order valence-electron chi connectivity index (χ4n) is 10.6. The summed E-state index contributed by atoms with van der Waals surface area (Å²) >= 11 is 0. The van der Waals surface area contributed by atoms with Gasteiger partial charge in [0, 0.05) is 53.0 Å². The molecule has 0 aromatic carbocycles. The van der Waals surface area contributed by atoms with Gasteiger partial charge in [0.1, 0.15) is 0 Å². The van der Waals surface area contributed by atoms with Crippen LogP contribution >= 0.6 is 0 Å². The minimum atomic E-state index is -0.653. The summed E-state index contributed by atoms with van der Waals surface area (Å²) < 4.78 is 0. The Hall–Kier alpha value is -1.20. The minimum absolute atomic E-state index is 0. The molecule has 0 aliphatic carbocycles. The smallest absolute Gasteiger partial charge is 0.303 e. The Balaban J connectivity index is -0.000000316. The maximum absolute atomic E-state index is 10.3. The summed E-state index contributed by atoms with van der Waals surface area (Å²) in [5, 5.41) is 34.1. The third-order valence-electron chi connectivity index (χ3n) is 16.0. The van der Waals surface area contributed by atoms with Crippen LogP contribution < -0.4 is 0 Å². The van der Waals surface area contributed by atoms with E-state index in [0.29, 0.717) is 25.7 Å². The first-order valence-corrected chi connectivity index (χ1v) is 36.0. The number of carboxylic acids is 4. The van der Waals surface area contributed by atoms with Gasteiger partial charge in [0.25, 0.3) is 0 Å². The Labute approximate surface area is 526 Å². The zero-order valence-electron chi connectivity index (χ0n) is 55.2. The van der Waals surface area contributed by atoms with Crippen molar-refractivity contribution in [1.29, 1.82) is 0 Å². The van der Waals surface area contributed by atoms with Crippen LogP contribution in [0.1, 0.15) is 439 Å². The third kappa shape index (κ3) is 104. The number of hydrogen-bond donors (Lipinski definition) is 4. The van der Waals surface area contributed by atoms with E-state index in [2.05, 4.69) is 27.7 Å². The fraction of sp³-hybridized carbons (Fsp3) is 0.944. The molecule has 4 N–H and O–H groups in total. The second-order valence-electron chi connectivity index (χ2n) is 24.4. The van der Waals surface area contributed by atoms with Gasteiger partial charge in [-0.05, 0) is 25.7 Å². The van der Waals surface area contributed by atoms with E-state index in [0.717, 1.165) is 51.4 Å². The third-order valence-corrected chi connectivity index (χ3v) is 16.0. The van der Waals surface area contributed by atoms with Crippen molar-refractivity contribution in [3.05, 3.63) is 0 Å². The molecule has 0 bridgehead atoms. The Morgan fingerprint density at radius 3 is 0.309 bits per heavy atom. The van der Waals surface area contributed by atoms with Crippen molar-refractivity contribution < 1.29 is 39.6 Å². The summed E-state index contributed by atoms with van der Waals surface area (Å²) in [5.74, 6) is -2.61. The first-order chi connectivity index (χ1) is 39.1. The maximum atomic E-state index is 10.3. The Kier molecular flexibility index (Phi) is 93.2. The average molecular weight is 1350 g/mol. The largest absolute Gasteiger partial charge is 0.481 e. The Morgan fingerprint density at radius 2 is 0.235 bits per heavy atom. The van der Waals surface area contributed by atoms with E-state index in [1.54, 1.807) is 0 Å². The molecule has 0 fully saturated rings. The molecular formula is C72H144O8Pb. The van der Waals surface area contributed by atoms with Gasteiger partial charge < -0.3 is 20.4 Å². The van der Waals surface area contributed by atoms with Crippen LogP contribution in [-0.2, 0) is 19.2 Å². The quantitative estimate of drug-likeness (QED) is 0.0347. The predicted molar refractivity (Wildman–Crippen MR) is 354 cm³/mol. The van der Waals surface area contributed by atoms with Crippen molar-refractivity contribution >= 4 is 51.2 Å². The van der Waals surface area contributed by atoms with E-state index in [9.17, 15) is 19.2 Å². The van der Waals surface area contributed by atoms with E-state index in [-0.39, 0.29) is 27.3 Å². The molecule has 0 amide bonds. The monoisotopic (exact) mass is 1350 g/mol. The minimum Gasteiger partial charge on any atom is -0.481 e. The summed E-state index contributed by atoms with van der Waals surface area (Å²) in [6, 6.07) is 0. The molecule has 0 saturated heterocycles. The molecule has 0 heterocycles. The standard InChI is InChI=1S/4C18H36O2.Pb/c4*1-2-3-4-5-6-7-8-9-10-11-12-13-14-15-16-17-18(19)20;/h4*2-17H2,1H3,(H,19,20);. The average Bonchev–Trinajstić information content (AvgIpc) is 3.43. The topological polar surface area (TPSA) is 149 Å². The molecule has 4 radical (unpaired) electrons. The van der Waals surface area contributed by atoms with Crippen molar-refractivity contribution in [1.82, 2.24) is 0 Å². The predicted octanol–water partition coefficient (Wildman–Crippen LogP) is 24.9. The molecule has 0 aliphatic heterocycles. The molecule has 0 spiro atoms. The van der Waals surface area contributed by atoms with Gasteiger partial charge in [0.05, 0.1) is 0 Å². The molecule has 0 rings (SSSR count). The summed E-state index contributed by atoms with van der Waals surface area (Å²) in [6.45, 7) is 9.08. The van der Waals surface area contributed by atoms with Gasteiger partial charge in [-0.15, -0.1) is 0 Å². The van der Waals surface area contributed by atoms with Crippen LogP contribution in [0.5, 0.6) is 0 Å². The zero-order valence-corrected chi connectivity index (χ0v) is 59.1. The summed E-state index contributed by atoms with van der Waals surface area (Å²) in [5.41, 5.74) is 0. The van der Waals surface area contributed by atoms with Crippen LogP contribution in [0.4, 0.5) is 0 Å². The van der Waals surface area contributed by atoms with Gasteiger partial charge in [-0.3, -0.25) is 19.2 Å². The maximum Gasteiger partial charge on any atom is 0.303 e. The molecule has 8 nitrogen and oxygen atoms in total. The molecule has 81 heavy (non-hydrogen) atoms. The van der Waals surface area contributed by atoms with Crippen molar-refractivity contribution in [3.63, 3.8) is 0 Å². The van der Waals surface area contributed by atoms with E-state index >= 15 is 0 Å². The van der Waals surface area contributed by atoms with E-state index in [1.165, 1.54) is 334 Å². The van der Waals surface area contributed by atoms with Crippen LogP contribution in [0.3, 0.4) is 0 Å². The fourth-order valence-corrected chi connectivity index (χ4v) is 10.6. The van der Waals surface area contributed by atoms with E-state index in [1.807, 2.05) is 0 Å². The van der Waals surface area contributed by atoms with Crippen LogP contribution in [0.15, 0.2) is 0 Å². The normalized spacial score (nSPS) is 10.7. The van der Waals surface area contributed by atoms with Gasteiger partial charge in [-0.1, -0.05) is 387 Å². The second-order valence-corrected chi connectivity index (χ2v) is 24.4. The Morgan fingerprint density at radius 1 is 0.160 bits per heavy atom. The molecule has 484 valence electrons. The van der Waals surface area contributed by atoms with Gasteiger partial charge >= 0.3 is 23.9 Å². The van der Waals surface area contributed by atoms with E-state index < -0.39 is 23.9 Å². The summed E-state index contributed by atoms with van der Waals surface area (Å²) in [6.07, 6.45) is 80.8. The first-order valence-electron chi connectivity index (χ1n) is 36.0. The van der Waals surface area contributed by atoms with Gasteiger partial charge in [0.2, 0.25) is 0 Å². The Bertz CT molecular complexity index is 990. The van der Waals surface area contributed by atoms with Crippen LogP contribution in [0.2, 0.25) is 0 Å². The number of carboxylic acid groups (broad SMARTS) is 4. The van der Waals surface area contributed by atoms with Crippen molar-refractivity contribution in [2.75, 3.05) is 0 Å². The van der Waals surface area contributed by atoms with Gasteiger partial charge in [-0.2, -0.15) is 0 Å².